The minimum Gasteiger partial charge on any atom is -0.491 e. The molecule has 15 heavy (non-hydrogen) atoms. The Morgan fingerprint density at radius 3 is 2.87 bits per heavy atom. The summed E-state index contributed by atoms with van der Waals surface area (Å²) in [4.78, 5) is 0. The number of para-hydroxylation sites is 1. The molecule has 1 saturated carbocycles. The van der Waals surface area contributed by atoms with E-state index in [0.717, 1.165) is 11.7 Å². The second kappa shape index (κ2) is 4.67. The minimum absolute atomic E-state index is 0.0796. The predicted molar refractivity (Wildman–Crippen MR) is 60.2 cm³/mol. The lowest BCUT2D eigenvalue weighted by Gasteiger charge is -2.09. The maximum atomic E-state index is 8.75. The smallest absolute Gasteiger partial charge is 0.122 e. The highest BCUT2D eigenvalue weighted by Crippen LogP contribution is 2.51. The topological polar surface area (TPSA) is 29.5 Å². The van der Waals surface area contributed by atoms with E-state index >= 15 is 0 Å². The SMILES string of the molecule is CC[C@@H]1C[C@@H]1c1ccccc1OCCO. The zero-order valence-corrected chi connectivity index (χ0v) is 9.15. The van der Waals surface area contributed by atoms with Crippen molar-refractivity contribution in [2.24, 2.45) is 5.92 Å². The molecule has 1 aromatic carbocycles. The van der Waals surface area contributed by atoms with Gasteiger partial charge < -0.3 is 9.84 Å². The molecule has 2 heteroatoms. The molecule has 2 nitrogen and oxygen atoms in total. The third-order valence-corrected chi connectivity index (χ3v) is 3.11. The summed E-state index contributed by atoms with van der Waals surface area (Å²) in [5.41, 5.74) is 1.32. The molecule has 1 aliphatic carbocycles. The first-order valence-electron chi connectivity index (χ1n) is 5.69. The molecule has 0 unspecified atom stereocenters. The van der Waals surface area contributed by atoms with Gasteiger partial charge in [-0.3, -0.25) is 0 Å². The van der Waals surface area contributed by atoms with E-state index in [0.29, 0.717) is 12.5 Å². The molecular weight excluding hydrogens is 188 g/mol. The van der Waals surface area contributed by atoms with Gasteiger partial charge in [-0.05, 0) is 29.9 Å². The van der Waals surface area contributed by atoms with E-state index < -0.39 is 0 Å². The number of benzene rings is 1. The molecule has 0 aromatic heterocycles. The standard InChI is InChI=1S/C13H18O2/c1-2-10-9-12(10)11-5-3-4-6-13(11)15-8-7-14/h3-6,10,12,14H,2,7-9H2,1H3/t10-,12+/m1/s1. The molecule has 0 radical (unpaired) electrons. The third kappa shape index (κ3) is 2.32. The number of aliphatic hydroxyl groups excluding tert-OH is 1. The van der Waals surface area contributed by atoms with Crippen molar-refractivity contribution in [3.8, 4) is 5.75 Å². The van der Waals surface area contributed by atoms with Crippen LogP contribution >= 0.6 is 0 Å². The Morgan fingerprint density at radius 1 is 1.40 bits per heavy atom. The van der Waals surface area contributed by atoms with Crippen LogP contribution in [0.4, 0.5) is 0 Å². The van der Waals surface area contributed by atoms with Gasteiger partial charge in [0.25, 0.3) is 0 Å². The van der Waals surface area contributed by atoms with Crippen LogP contribution in [0.3, 0.4) is 0 Å². The second-order valence-corrected chi connectivity index (χ2v) is 4.12. The summed E-state index contributed by atoms with van der Waals surface area (Å²) in [6.07, 6.45) is 2.54. The van der Waals surface area contributed by atoms with Crippen LogP contribution in [0.2, 0.25) is 0 Å². The van der Waals surface area contributed by atoms with Crippen LogP contribution in [0.1, 0.15) is 31.2 Å². The molecule has 0 spiro atoms. The van der Waals surface area contributed by atoms with Crippen LogP contribution in [0, 0.1) is 5.92 Å². The lowest BCUT2D eigenvalue weighted by molar-refractivity contribution is 0.200. The highest BCUT2D eigenvalue weighted by Gasteiger charge is 2.38. The van der Waals surface area contributed by atoms with Crippen LogP contribution in [0.25, 0.3) is 0 Å². The maximum Gasteiger partial charge on any atom is 0.122 e. The number of hydrogen-bond acceptors (Lipinski definition) is 2. The van der Waals surface area contributed by atoms with E-state index in [2.05, 4.69) is 19.1 Å². The van der Waals surface area contributed by atoms with Crippen molar-refractivity contribution in [3.63, 3.8) is 0 Å². The number of ether oxygens (including phenoxy) is 1. The fraction of sp³-hybridized carbons (Fsp3) is 0.538. The van der Waals surface area contributed by atoms with E-state index in [1.165, 1.54) is 18.4 Å². The van der Waals surface area contributed by atoms with Crippen LogP contribution in [0.15, 0.2) is 24.3 Å². The minimum atomic E-state index is 0.0796. The zero-order chi connectivity index (χ0) is 10.7. The van der Waals surface area contributed by atoms with E-state index in [-0.39, 0.29) is 6.61 Å². The molecule has 0 amide bonds. The second-order valence-electron chi connectivity index (χ2n) is 4.12. The van der Waals surface area contributed by atoms with E-state index in [9.17, 15) is 0 Å². The normalized spacial score (nSPS) is 23.9. The van der Waals surface area contributed by atoms with Crippen molar-refractivity contribution < 1.29 is 9.84 Å². The summed E-state index contributed by atoms with van der Waals surface area (Å²) in [6, 6.07) is 8.19. The van der Waals surface area contributed by atoms with E-state index in [4.69, 9.17) is 9.84 Å². The first-order valence-corrected chi connectivity index (χ1v) is 5.69. The largest absolute Gasteiger partial charge is 0.491 e. The third-order valence-electron chi connectivity index (χ3n) is 3.11. The summed E-state index contributed by atoms with van der Waals surface area (Å²) >= 11 is 0. The van der Waals surface area contributed by atoms with Crippen LogP contribution in [-0.4, -0.2) is 18.3 Å². The molecular formula is C13H18O2. The molecule has 1 aliphatic rings. The molecule has 2 atom stereocenters. The summed E-state index contributed by atoms with van der Waals surface area (Å²) in [5, 5.41) is 8.75. The highest BCUT2D eigenvalue weighted by molar-refractivity contribution is 5.39. The van der Waals surface area contributed by atoms with Crippen molar-refractivity contribution in [2.45, 2.75) is 25.7 Å². The summed E-state index contributed by atoms with van der Waals surface area (Å²) in [6.45, 7) is 2.71. The van der Waals surface area contributed by atoms with Gasteiger partial charge in [-0.25, -0.2) is 0 Å². The zero-order valence-electron chi connectivity index (χ0n) is 9.15. The van der Waals surface area contributed by atoms with E-state index in [1.807, 2.05) is 12.1 Å². The van der Waals surface area contributed by atoms with Gasteiger partial charge >= 0.3 is 0 Å². The number of aliphatic hydroxyl groups is 1. The monoisotopic (exact) mass is 206 g/mol. The Kier molecular flexibility index (Phi) is 3.27. The number of hydrogen-bond donors (Lipinski definition) is 1. The van der Waals surface area contributed by atoms with E-state index in [1.54, 1.807) is 0 Å². The molecule has 0 saturated heterocycles. The Balaban J connectivity index is 2.09. The summed E-state index contributed by atoms with van der Waals surface area (Å²) in [7, 11) is 0. The van der Waals surface area contributed by atoms with Gasteiger partial charge in [0.05, 0.1) is 6.61 Å². The summed E-state index contributed by atoms with van der Waals surface area (Å²) < 4.78 is 5.53. The van der Waals surface area contributed by atoms with Gasteiger partial charge in [0.2, 0.25) is 0 Å². The molecule has 0 heterocycles. The highest BCUT2D eigenvalue weighted by atomic mass is 16.5. The van der Waals surface area contributed by atoms with Gasteiger partial charge in [-0.1, -0.05) is 31.5 Å². The molecule has 1 N–H and O–H groups in total. The molecule has 0 bridgehead atoms. The Hall–Kier alpha value is -1.02. The van der Waals surface area contributed by atoms with Crippen LogP contribution in [-0.2, 0) is 0 Å². The average molecular weight is 206 g/mol. The molecule has 2 rings (SSSR count). The lowest BCUT2D eigenvalue weighted by Crippen LogP contribution is -2.03. The van der Waals surface area contributed by atoms with Gasteiger partial charge in [0.1, 0.15) is 12.4 Å². The first-order chi connectivity index (χ1) is 7.36. The van der Waals surface area contributed by atoms with Crippen molar-refractivity contribution in [1.29, 1.82) is 0 Å². The van der Waals surface area contributed by atoms with Gasteiger partial charge in [-0.2, -0.15) is 0 Å². The molecule has 0 aliphatic heterocycles. The Labute approximate surface area is 90.9 Å². The first kappa shape index (κ1) is 10.5. The molecule has 82 valence electrons. The fourth-order valence-corrected chi connectivity index (χ4v) is 2.15. The van der Waals surface area contributed by atoms with Gasteiger partial charge in [0.15, 0.2) is 0 Å². The Morgan fingerprint density at radius 2 is 2.20 bits per heavy atom. The average Bonchev–Trinajstić information content (AvgIpc) is 3.06. The van der Waals surface area contributed by atoms with Gasteiger partial charge in [-0.15, -0.1) is 0 Å². The Bertz CT molecular complexity index is 322. The van der Waals surface area contributed by atoms with Crippen molar-refractivity contribution in [1.82, 2.24) is 0 Å². The molecule has 1 fully saturated rings. The number of rotatable bonds is 5. The van der Waals surface area contributed by atoms with Crippen molar-refractivity contribution >= 4 is 0 Å². The van der Waals surface area contributed by atoms with Crippen LogP contribution < -0.4 is 4.74 Å². The summed E-state index contributed by atoms with van der Waals surface area (Å²) in [5.74, 6) is 2.47. The maximum absolute atomic E-state index is 8.75. The van der Waals surface area contributed by atoms with Gasteiger partial charge in [0, 0.05) is 0 Å². The quantitative estimate of drug-likeness (QED) is 0.802. The van der Waals surface area contributed by atoms with Crippen molar-refractivity contribution in [3.05, 3.63) is 29.8 Å². The molecule has 1 aromatic rings. The van der Waals surface area contributed by atoms with Crippen LogP contribution in [0.5, 0.6) is 5.75 Å². The fourth-order valence-electron chi connectivity index (χ4n) is 2.15. The van der Waals surface area contributed by atoms with Crippen molar-refractivity contribution in [2.75, 3.05) is 13.2 Å². The lowest BCUT2D eigenvalue weighted by atomic mass is 10.1. The predicted octanol–water partition coefficient (Wildman–Crippen LogP) is 2.57.